The minimum Gasteiger partial charge on any atom is -0.497 e. The zero-order chi connectivity index (χ0) is 25.2. The third kappa shape index (κ3) is 4.21. The van der Waals surface area contributed by atoms with E-state index in [4.69, 9.17) is 18.9 Å². The van der Waals surface area contributed by atoms with Crippen LogP contribution in [0.3, 0.4) is 0 Å². The summed E-state index contributed by atoms with van der Waals surface area (Å²) >= 11 is 0. The lowest BCUT2D eigenvalue weighted by atomic mass is 9.78. The van der Waals surface area contributed by atoms with Crippen molar-refractivity contribution >= 4 is 17.2 Å². The number of carbonyl (C=O) groups excluding carboxylic acids is 1. The van der Waals surface area contributed by atoms with Gasteiger partial charge in [-0.1, -0.05) is 18.2 Å². The standard InChI is InChI=1S/C29H30N2O5/c1-33-19-10-12-25(34-2)20(16-19)29-28-23(30-21-7-5-6-8-22(21)31-29)13-18(14-24(28)32)17-9-11-26(35-3)27(15-17)36-4/h5-12,15-16,18,29-31H,13-14H2,1-4H3/t18-,29+/m0/s1. The summed E-state index contributed by atoms with van der Waals surface area (Å²) in [5.41, 5.74) is 5.34. The highest BCUT2D eigenvalue weighted by Gasteiger charge is 2.37. The van der Waals surface area contributed by atoms with Gasteiger partial charge in [-0.15, -0.1) is 0 Å². The second-order valence-electron chi connectivity index (χ2n) is 8.89. The fraction of sp³-hybridized carbons (Fsp3) is 0.276. The molecular formula is C29H30N2O5. The minimum absolute atomic E-state index is 0.00155. The summed E-state index contributed by atoms with van der Waals surface area (Å²) < 4.78 is 22.1. The van der Waals surface area contributed by atoms with Crippen LogP contribution in [0, 0.1) is 0 Å². The predicted molar refractivity (Wildman–Crippen MR) is 140 cm³/mol. The van der Waals surface area contributed by atoms with E-state index in [0.29, 0.717) is 35.8 Å². The largest absolute Gasteiger partial charge is 0.497 e. The third-order valence-electron chi connectivity index (χ3n) is 6.94. The van der Waals surface area contributed by atoms with Crippen LogP contribution in [0.4, 0.5) is 11.4 Å². The zero-order valence-electron chi connectivity index (χ0n) is 20.9. The number of rotatable bonds is 6. The van der Waals surface area contributed by atoms with Gasteiger partial charge in [0.2, 0.25) is 0 Å². The number of ether oxygens (including phenoxy) is 4. The Morgan fingerprint density at radius 2 is 1.47 bits per heavy atom. The summed E-state index contributed by atoms with van der Waals surface area (Å²) in [6, 6.07) is 19.1. The second kappa shape index (κ2) is 9.85. The Balaban J connectivity index is 1.62. The molecule has 36 heavy (non-hydrogen) atoms. The summed E-state index contributed by atoms with van der Waals surface area (Å²) in [7, 11) is 6.51. The summed E-state index contributed by atoms with van der Waals surface area (Å²) in [4.78, 5) is 13.9. The molecule has 0 unspecified atom stereocenters. The number of allylic oxidation sites excluding steroid dienone is 1. The number of para-hydroxylation sites is 2. The number of methoxy groups -OCH3 is 4. The van der Waals surface area contributed by atoms with Gasteiger partial charge in [0.1, 0.15) is 11.5 Å². The van der Waals surface area contributed by atoms with Crippen LogP contribution >= 0.6 is 0 Å². The highest BCUT2D eigenvalue weighted by Crippen LogP contribution is 2.47. The molecule has 3 aromatic carbocycles. The Kier molecular flexibility index (Phi) is 6.46. The number of carbonyl (C=O) groups is 1. The fourth-order valence-electron chi connectivity index (χ4n) is 5.13. The molecule has 1 aliphatic carbocycles. The number of benzene rings is 3. The summed E-state index contributed by atoms with van der Waals surface area (Å²) in [5.74, 6) is 2.79. The molecule has 7 nitrogen and oxygen atoms in total. The second-order valence-corrected chi connectivity index (χ2v) is 8.89. The van der Waals surface area contributed by atoms with Gasteiger partial charge in [-0.3, -0.25) is 4.79 Å². The van der Waals surface area contributed by atoms with E-state index in [-0.39, 0.29) is 11.7 Å². The van der Waals surface area contributed by atoms with Crippen molar-refractivity contribution < 1.29 is 23.7 Å². The van der Waals surface area contributed by atoms with Crippen molar-refractivity contribution in [3.05, 3.63) is 83.1 Å². The molecule has 3 aromatic rings. The maximum absolute atomic E-state index is 13.9. The molecule has 2 N–H and O–H groups in total. The molecule has 186 valence electrons. The summed E-state index contributed by atoms with van der Waals surface area (Å²) in [6.07, 6.45) is 1.06. The Labute approximate surface area is 211 Å². The maximum Gasteiger partial charge on any atom is 0.163 e. The number of hydrogen-bond donors (Lipinski definition) is 2. The molecule has 0 fully saturated rings. The number of ketones is 1. The Hall–Kier alpha value is -4.13. The quantitative estimate of drug-likeness (QED) is 0.463. The van der Waals surface area contributed by atoms with Crippen molar-refractivity contribution in [1.29, 1.82) is 0 Å². The van der Waals surface area contributed by atoms with Crippen LogP contribution in [0.5, 0.6) is 23.0 Å². The third-order valence-corrected chi connectivity index (χ3v) is 6.94. The Morgan fingerprint density at radius 1 is 0.750 bits per heavy atom. The number of hydrogen-bond acceptors (Lipinski definition) is 7. The first-order chi connectivity index (χ1) is 17.6. The summed E-state index contributed by atoms with van der Waals surface area (Å²) in [5, 5.41) is 7.18. The molecule has 5 rings (SSSR count). The highest BCUT2D eigenvalue weighted by atomic mass is 16.5. The first-order valence-corrected chi connectivity index (χ1v) is 11.9. The van der Waals surface area contributed by atoms with E-state index in [1.807, 2.05) is 60.7 Å². The van der Waals surface area contributed by atoms with E-state index in [2.05, 4.69) is 10.6 Å². The zero-order valence-corrected chi connectivity index (χ0v) is 20.9. The number of anilines is 2. The average molecular weight is 487 g/mol. The Morgan fingerprint density at radius 3 is 2.19 bits per heavy atom. The highest BCUT2D eigenvalue weighted by molar-refractivity contribution is 6.01. The van der Waals surface area contributed by atoms with Crippen LogP contribution in [-0.4, -0.2) is 34.2 Å². The molecule has 1 aliphatic heterocycles. The van der Waals surface area contributed by atoms with Gasteiger partial charge in [0.05, 0.1) is 45.9 Å². The van der Waals surface area contributed by atoms with E-state index in [9.17, 15) is 4.79 Å². The molecule has 0 saturated heterocycles. The molecule has 2 aliphatic rings. The lowest BCUT2D eigenvalue weighted by Crippen LogP contribution is -2.27. The molecule has 0 aromatic heterocycles. The molecule has 0 saturated carbocycles. The van der Waals surface area contributed by atoms with Gasteiger partial charge < -0.3 is 29.6 Å². The van der Waals surface area contributed by atoms with E-state index < -0.39 is 6.04 Å². The lowest BCUT2D eigenvalue weighted by molar-refractivity contribution is -0.116. The molecule has 0 radical (unpaired) electrons. The molecule has 7 heteroatoms. The maximum atomic E-state index is 13.9. The minimum atomic E-state index is -0.403. The van der Waals surface area contributed by atoms with Gasteiger partial charge in [0.15, 0.2) is 17.3 Å². The van der Waals surface area contributed by atoms with Crippen LogP contribution in [0.25, 0.3) is 0 Å². The van der Waals surface area contributed by atoms with Crippen molar-refractivity contribution in [1.82, 2.24) is 0 Å². The van der Waals surface area contributed by atoms with Crippen molar-refractivity contribution in [3.8, 4) is 23.0 Å². The van der Waals surface area contributed by atoms with E-state index in [1.165, 1.54) is 0 Å². The van der Waals surface area contributed by atoms with Crippen LogP contribution in [0.1, 0.15) is 35.9 Å². The van der Waals surface area contributed by atoms with Gasteiger partial charge in [-0.25, -0.2) is 0 Å². The Bertz CT molecular complexity index is 1330. The molecule has 0 amide bonds. The predicted octanol–water partition coefficient (Wildman–Crippen LogP) is 5.70. The first-order valence-electron chi connectivity index (χ1n) is 11.9. The number of fused-ring (bicyclic) bond motifs is 1. The van der Waals surface area contributed by atoms with Crippen LogP contribution in [0.15, 0.2) is 71.9 Å². The first kappa shape index (κ1) is 23.6. The van der Waals surface area contributed by atoms with Crippen molar-refractivity contribution in [3.63, 3.8) is 0 Å². The normalized spacial score (nSPS) is 18.7. The van der Waals surface area contributed by atoms with E-state index in [0.717, 1.165) is 33.8 Å². The van der Waals surface area contributed by atoms with E-state index >= 15 is 0 Å². The van der Waals surface area contributed by atoms with Gasteiger partial charge in [-0.05, 0) is 60.4 Å². The monoisotopic (exact) mass is 486 g/mol. The van der Waals surface area contributed by atoms with E-state index in [1.54, 1.807) is 28.4 Å². The topological polar surface area (TPSA) is 78.1 Å². The lowest BCUT2D eigenvalue weighted by Gasteiger charge is -2.30. The summed E-state index contributed by atoms with van der Waals surface area (Å²) in [6.45, 7) is 0. The number of Topliss-reactive ketones (excluding diaryl/α,β-unsaturated/α-hetero) is 1. The van der Waals surface area contributed by atoms with Crippen molar-refractivity contribution in [2.24, 2.45) is 0 Å². The molecule has 0 bridgehead atoms. The molecule has 2 atom stereocenters. The van der Waals surface area contributed by atoms with Crippen LogP contribution in [-0.2, 0) is 4.79 Å². The molecular weight excluding hydrogens is 456 g/mol. The van der Waals surface area contributed by atoms with Crippen LogP contribution < -0.4 is 29.6 Å². The molecule has 1 heterocycles. The van der Waals surface area contributed by atoms with Gasteiger partial charge >= 0.3 is 0 Å². The smallest absolute Gasteiger partial charge is 0.163 e. The average Bonchev–Trinajstić information content (AvgIpc) is 3.09. The molecule has 0 spiro atoms. The number of nitrogens with one attached hydrogen (secondary N) is 2. The van der Waals surface area contributed by atoms with Gasteiger partial charge in [-0.2, -0.15) is 0 Å². The van der Waals surface area contributed by atoms with Crippen LogP contribution in [0.2, 0.25) is 0 Å². The van der Waals surface area contributed by atoms with Gasteiger partial charge in [0, 0.05) is 23.3 Å². The SMILES string of the molecule is COc1ccc(OC)c([C@H]2Nc3ccccc3NC3=C2C(=O)C[C@@H](c2ccc(OC)c(OC)c2)C3)c1. The van der Waals surface area contributed by atoms with Crippen molar-refractivity contribution in [2.75, 3.05) is 39.1 Å². The fourth-order valence-corrected chi connectivity index (χ4v) is 5.13. The van der Waals surface area contributed by atoms with Crippen molar-refractivity contribution in [2.45, 2.75) is 24.8 Å². The van der Waals surface area contributed by atoms with Gasteiger partial charge in [0.25, 0.3) is 0 Å².